The summed E-state index contributed by atoms with van der Waals surface area (Å²) in [6.45, 7) is 5.94. The number of carbonyl (C=O) groups excluding carboxylic acids is 2. The third-order valence-corrected chi connectivity index (χ3v) is 3.49. The number of hydrazone groups is 1. The van der Waals surface area contributed by atoms with Crippen LogP contribution in [0.25, 0.3) is 0 Å². The third kappa shape index (κ3) is 4.98. The van der Waals surface area contributed by atoms with Crippen LogP contribution in [-0.2, 0) is 9.59 Å². The standard InChI is InChI=1S/C17H22N2O3/c1-12-4-6-15(7-5-12)22-11-16(21)19-18-13-8-14(20)10-17(2,3)9-13/h4-7H,8-11H2,1-3H3,(H,19,21)/b18-13-. The summed E-state index contributed by atoms with van der Waals surface area (Å²) in [6.07, 6.45) is 1.61. The number of rotatable bonds is 4. The molecule has 1 aliphatic carbocycles. The lowest BCUT2D eigenvalue weighted by Crippen LogP contribution is -2.32. The number of hydrogen-bond acceptors (Lipinski definition) is 4. The Morgan fingerprint density at radius 2 is 1.95 bits per heavy atom. The number of nitrogens with one attached hydrogen (secondary N) is 1. The normalized spacial score (nSPS) is 19.0. The Bertz CT molecular complexity index is 588. The molecule has 2 rings (SSSR count). The van der Waals surface area contributed by atoms with E-state index in [1.165, 1.54) is 0 Å². The van der Waals surface area contributed by atoms with Crippen molar-refractivity contribution in [3.63, 3.8) is 0 Å². The van der Waals surface area contributed by atoms with E-state index in [2.05, 4.69) is 10.5 Å². The summed E-state index contributed by atoms with van der Waals surface area (Å²) in [5, 5.41) is 4.07. The molecule has 1 aromatic rings. The Labute approximate surface area is 130 Å². The van der Waals surface area contributed by atoms with E-state index in [9.17, 15) is 9.59 Å². The molecule has 1 N–H and O–H groups in total. The van der Waals surface area contributed by atoms with Gasteiger partial charge < -0.3 is 4.74 Å². The Morgan fingerprint density at radius 3 is 2.59 bits per heavy atom. The number of hydrogen-bond donors (Lipinski definition) is 1. The first-order chi connectivity index (χ1) is 10.3. The second-order valence-electron chi connectivity index (χ2n) is 6.55. The van der Waals surface area contributed by atoms with Crippen molar-refractivity contribution in [2.24, 2.45) is 10.5 Å². The molecule has 0 aromatic heterocycles. The number of amides is 1. The lowest BCUT2D eigenvalue weighted by Gasteiger charge is -2.28. The van der Waals surface area contributed by atoms with Crippen LogP contribution in [0.15, 0.2) is 29.4 Å². The summed E-state index contributed by atoms with van der Waals surface area (Å²) < 4.78 is 5.38. The molecule has 0 saturated heterocycles. The molecule has 0 spiro atoms. The highest BCUT2D eigenvalue weighted by Gasteiger charge is 2.30. The summed E-state index contributed by atoms with van der Waals surface area (Å²) in [4.78, 5) is 23.4. The molecule has 0 bridgehead atoms. The van der Waals surface area contributed by atoms with Crippen LogP contribution < -0.4 is 10.2 Å². The van der Waals surface area contributed by atoms with Gasteiger partial charge in [-0.15, -0.1) is 0 Å². The SMILES string of the molecule is Cc1ccc(OCC(=O)N/N=C2/CC(=O)CC(C)(C)C2)cc1. The van der Waals surface area contributed by atoms with Gasteiger partial charge in [0, 0.05) is 18.6 Å². The van der Waals surface area contributed by atoms with Gasteiger partial charge in [-0.25, -0.2) is 5.43 Å². The fourth-order valence-corrected chi connectivity index (χ4v) is 2.54. The number of ether oxygens (including phenoxy) is 1. The second-order valence-corrected chi connectivity index (χ2v) is 6.55. The van der Waals surface area contributed by atoms with Crippen LogP contribution in [-0.4, -0.2) is 24.0 Å². The van der Waals surface area contributed by atoms with E-state index in [4.69, 9.17) is 4.74 Å². The van der Waals surface area contributed by atoms with E-state index in [0.717, 1.165) is 17.7 Å². The van der Waals surface area contributed by atoms with Gasteiger partial charge in [0.15, 0.2) is 6.61 Å². The Hall–Kier alpha value is -2.17. The number of aryl methyl sites for hydroxylation is 1. The molecule has 1 aromatic carbocycles. The summed E-state index contributed by atoms with van der Waals surface area (Å²) in [6, 6.07) is 7.47. The maximum Gasteiger partial charge on any atom is 0.277 e. The molecule has 1 aliphatic rings. The van der Waals surface area contributed by atoms with Crippen molar-refractivity contribution >= 4 is 17.4 Å². The molecule has 5 heteroatoms. The molecule has 0 unspecified atom stereocenters. The lowest BCUT2D eigenvalue weighted by molar-refractivity contribution is -0.123. The molecule has 118 valence electrons. The topological polar surface area (TPSA) is 67.8 Å². The number of ketones is 1. The predicted octanol–water partition coefficient (Wildman–Crippen LogP) is 2.63. The van der Waals surface area contributed by atoms with Crippen molar-refractivity contribution in [1.82, 2.24) is 5.43 Å². The highest BCUT2D eigenvalue weighted by Crippen LogP contribution is 2.31. The molecule has 22 heavy (non-hydrogen) atoms. The van der Waals surface area contributed by atoms with Crippen LogP contribution in [0.3, 0.4) is 0 Å². The first-order valence-corrected chi connectivity index (χ1v) is 7.39. The minimum absolute atomic E-state index is 0.0860. The van der Waals surface area contributed by atoms with Gasteiger partial charge in [0.25, 0.3) is 5.91 Å². The van der Waals surface area contributed by atoms with Crippen molar-refractivity contribution in [2.75, 3.05) is 6.61 Å². The van der Waals surface area contributed by atoms with Crippen LogP contribution in [0.5, 0.6) is 5.75 Å². The van der Waals surface area contributed by atoms with E-state index in [0.29, 0.717) is 18.6 Å². The summed E-state index contributed by atoms with van der Waals surface area (Å²) >= 11 is 0. The monoisotopic (exact) mass is 302 g/mol. The van der Waals surface area contributed by atoms with Gasteiger partial charge in [0.2, 0.25) is 0 Å². The van der Waals surface area contributed by atoms with Crippen LogP contribution in [0.4, 0.5) is 0 Å². The quantitative estimate of drug-likeness (QED) is 0.869. The van der Waals surface area contributed by atoms with Gasteiger partial charge in [0.1, 0.15) is 11.5 Å². The van der Waals surface area contributed by atoms with E-state index >= 15 is 0 Å². The zero-order valence-corrected chi connectivity index (χ0v) is 13.3. The highest BCUT2D eigenvalue weighted by atomic mass is 16.5. The van der Waals surface area contributed by atoms with E-state index < -0.39 is 0 Å². The maximum atomic E-state index is 11.7. The van der Waals surface area contributed by atoms with Gasteiger partial charge >= 0.3 is 0 Å². The highest BCUT2D eigenvalue weighted by molar-refractivity contribution is 6.05. The van der Waals surface area contributed by atoms with Crippen molar-refractivity contribution in [2.45, 2.75) is 40.0 Å². The first-order valence-electron chi connectivity index (χ1n) is 7.39. The van der Waals surface area contributed by atoms with Crippen molar-refractivity contribution in [3.8, 4) is 5.75 Å². The minimum Gasteiger partial charge on any atom is -0.484 e. The summed E-state index contributed by atoms with van der Waals surface area (Å²) in [5.41, 5.74) is 4.24. The van der Waals surface area contributed by atoms with Crippen LogP contribution in [0.2, 0.25) is 0 Å². The van der Waals surface area contributed by atoms with Crippen molar-refractivity contribution in [1.29, 1.82) is 0 Å². The van der Waals surface area contributed by atoms with E-state index in [1.807, 2.05) is 45.0 Å². The molecule has 0 radical (unpaired) electrons. The molecule has 1 saturated carbocycles. The molecule has 1 amide bonds. The number of nitrogens with zero attached hydrogens (tertiary/aromatic N) is 1. The van der Waals surface area contributed by atoms with Crippen LogP contribution in [0, 0.1) is 12.3 Å². The molecule has 1 fully saturated rings. The predicted molar refractivity (Wildman–Crippen MR) is 84.9 cm³/mol. The van der Waals surface area contributed by atoms with Gasteiger partial charge in [-0.05, 0) is 30.9 Å². The minimum atomic E-state index is -0.330. The molecule has 0 aliphatic heterocycles. The average molecular weight is 302 g/mol. The van der Waals surface area contributed by atoms with Crippen LogP contribution in [0.1, 0.15) is 38.7 Å². The number of Topliss-reactive ketones (excluding diaryl/α,β-unsaturated/α-hetero) is 1. The summed E-state index contributed by atoms with van der Waals surface area (Å²) in [7, 11) is 0. The Morgan fingerprint density at radius 1 is 1.27 bits per heavy atom. The van der Waals surface area contributed by atoms with Crippen molar-refractivity contribution in [3.05, 3.63) is 29.8 Å². The zero-order chi connectivity index (χ0) is 16.2. The molecular formula is C17H22N2O3. The fourth-order valence-electron chi connectivity index (χ4n) is 2.54. The number of benzene rings is 1. The molecule has 5 nitrogen and oxygen atoms in total. The van der Waals surface area contributed by atoms with Crippen molar-refractivity contribution < 1.29 is 14.3 Å². The zero-order valence-electron chi connectivity index (χ0n) is 13.3. The Kier molecular flexibility index (Phi) is 4.96. The molecule has 0 heterocycles. The smallest absolute Gasteiger partial charge is 0.277 e. The first kappa shape index (κ1) is 16.2. The van der Waals surface area contributed by atoms with E-state index in [1.54, 1.807) is 0 Å². The largest absolute Gasteiger partial charge is 0.484 e. The van der Waals surface area contributed by atoms with Crippen LogP contribution >= 0.6 is 0 Å². The van der Waals surface area contributed by atoms with E-state index in [-0.39, 0.29) is 23.7 Å². The molecular weight excluding hydrogens is 280 g/mol. The summed E-state index contributed by atoms with van der Waals surface area (Å²) in [5.74, 6) is 0.478. The van der Waals surface area contributed by atoms with Gasteiger partial charge in [-0.3, -0.25) is 9.59 Å². The maximum absolute atomic E-state index is 11.7. The third-order valence-electron chi connectivity index (χ3n) is 3.49. The lowest BCUT2D eigenvalue weighted by atomic mass is 9.76. The molecule has 0 atom stereocenters. The van der Waals surface area contributed by atoms with Gasteiger partial charge in [-0.1, -0.05) is 31.5 Å². The van der Waals surface area contributed by atoms with Gasteiger partial charge in [0.05, 0.1) is 0 Å². The second kappa shape index (κ2) is 6.73. The Balaban J connectivity index is 1.83. The number of carbonyl (C=O) groups is 2. The average Bonchev–Trinajstić information content (AvgIpc) is 2.42. The fraction of sp³-hybridized carbons (Fsp3) is 0.471. The van der Waals surface area contributed by atoms with Gasteiger partial charge in [-0.2, -0.15) is 5.10 Å².